The summed E-state index contributed by atoms with van der Waals surface area (Å²) in [5.41, 5.74) is 3.36. The average Bonchev–Trinajstić information content (AvgIpc) is 3.08. The van der Waals surface area contributed by atoms with E-state index in [0.29, 0.717) is 22.7 Å². The number of methoxy groups -OCH3 is 1. The van der Waals surface area contributed by atoms with Gasteiger partial charge in [0.2, 0.25) is 10.0 Å². The molecule has 1 atom stereocenters. The van der Waals surface area contributed by atoms with Crippen molar-refractivity contribution in [2.24, 2.45) is 0 Å². The SMILES string of the molecule is COc1ccc(CS(=O)(=O)N2Cc3[nH]cnc3C[C@@H]2C(=O)NO)cc1. The number of hydrogen-bond acceptors (Lipinski definition) is 6. The Hall–Kier alpha value is -2.43. The van der Waals surface area contributed by atoms with Crippen LogP contribution in [0.4, 0.5) is 0 Å². The molecule has 0 unspecified atom stereocenters. The molecule has 134 valence electrons. The minimum Gasteiger partial charge on any atom is -0.497 e. The van der Waals surface area contributed by atoms with Crippen molar-refractivity contribution >= 4 is 15.9 Å². The number of nitrogens with one attached hydrogen (secondary N) is 2. The number of amides is 1. The summed E-state index contributed by atoms with van der Waals surface area (Å²) in [4.78, 5) is 18.9. The third-order valence-electron chi connectivity index (χ3n) is 4.13. The molecule has 1 aromatic carbocycles. The van der Waals surface area contributed by atoms with Crippen molar-refractivity contribution in [1.29, 1.82) is 0 Å². The topological polar surface area (TPSA) is 125 Å². The van der Waals surface area contributed by atoms with Gasteiger partial charge in [-0.05, 0) is 17.7 Å². The van der Waals surface area contributed by atoms with Gasteiger partial charge in [0.15, 0.2) is 0 Å². The molecule has 2 aromatic rings. The molecule has 0 fully saturated rings. The van der Waals surface area contributed by atoms with Crippen LogP contribution in [0.25, 0.3) is 0 Å². The van der Waals surface area contributed by atoms with Crippen molar-refractivity contribution in [2.75, 3.05) is 7.11 Å². The molecule has 1 aromatic heterocycles. The molecule has 9 nitrogen and oxygen atoms in total. The van der Waals surface area contributed by atoms with Gasteiger partial charge in [-0.2, -0.15) is 4.31 Å². The fourth-order valence-electron chi connectivity index (χ4n) is 2.82. The molecule has 0 aliphatic carbocycles. The largest absolute Gasteiger partial charge is 0.497 e. The molecular formula is C15H18N4O5S. The van der Waals surface area contributed by atoms with Crippen LogP contribution < -0.4 is 10.2 Å². The Morgan fingerprint density at radius 3 is 2.80 bits per heavy atom. The minimum atomic E-state index is -3.81. The van der Waals surface area contributed by atoms with Crippen LogP contribution in [0.2, 0.25) is 0 Å². The van der Waals surface area contributed by atoms with Gasteiger partial charge in [-0.1, -0.05) is 12.1 Å². The summed E-state index contributed by atoms with van der Waals surface area (Å²) in [5.74, 6) is -0.430. The number of carbonyl (C=O) groups excluding carboxylic acids is 1. The van der Waals surface area contributed by atoms with Crippen molar-refractivity contribution in [1.82, 2.24) is 19.8 Å². The van der Waals surface area contributed by atoms with Gasteiger partial charge in [0, 0.05) is 6.42 Å². The lowest BCUT2D eigenvalue weighted by atomic mass is 10.1. The molecule has 1 aliphatic rings. The number of ether oxygens (including phenoxy) is 1. The molecule has 3 rings (SSSR count). The van der Waals surface area contributed by atoms with E-state index in [1.54, 1.807) is 24.3 Å². The summed E-state index contributed by atoms with van der Waals surface area (Å²) in [6.45, 7) is -0.00803. The highest BCUT2D eigenvalue weighted by Crippen LogP contribution is 2.26. The van der Waals surface area contributed by atoms with Gasteiger partial charge >= 0.3 is 0 Å². The fraction of sp³-hybridized carbons (Fsp3) is 0.333. The second kappa shape index (κ2) is 6.82. The average molecular weight is 366 g/mol. The van der Waals surface area contributed by atoms with Crippen molar-refractivity contribution in [3.05, 3.63) is 47.5 Å². The van der Waals surface area contributed by atoms with Gasteiger partial charge in [0.1, 0.15) is 11.8 Å². The number of aromatic nitrogens is 2. The maximum absolute atomic E-state index is 12.9. The summed E-state index contributed by atoms with van der Waals surface area (Å²) >= 11 is 0. The number of carbonyl (C=O) groups is 1. The van der Waals surface area contributed by atoms with Gasteiger partial charge in [-0.3, -0.25) is 10.0 Å². The van der Waals surface area contributed by atoms with E-state index in [0.717, 1.165) is 4.31 Å². The summed E-state index contributed by atoms with van der Waals surface area (Å²) in [6, 6.07) is 5.61. The molecule has 0 saturated carbocycles. The van der Waals surface area contributed by atoms with E-state index in [-0.39, 0.29) is 18.7 Å². The number of H-pyrrole nitrogens is 1. The van der Waals surface area contributed by atoms with Crippen LogP contribution in [0.1, 0.15) is 17.0 Å². The van der Waals surface area contributed by atoms with Crippen molar-refractivity contribution in [3.8, 4) is 5.75 Å². The molecule has 0 spiro atoms. The first kappa shape index (κ1) is 17.4. The van der Waals surface area contributed by atoms with E-state index in [1.807, 2.05) is 0 Å². The second-order valence-corrected chi connectivity index (χ2v) is 7.59. The maximum Gasteiger partial charge on any atom is 0.262 e. The van der Waals surface area contributed by atoms with Crippen LogP contribution in [-0.2, 0) is 33.5 Å². The predicted octanol–water partition coefficient (Wildman–Crippen LogP) is 0.180. The highest BCUT2D eigenvalue weighted by Gasteiger charge is 2.39. The number of fused-ring (bicyclic) bond motifs is 1. The second-order valence-electron chi connectivity index (χ2n) is 5.67. The van der Waals surface area contributed by atoms with Gasteiger partial charge in [-0.15, -0.1) is 0 Å². The van der Waals surface area contributed by atoms with Crippen LogP contribution >= 0.6 is 0 Å². The van der Waals surface area contributed by atoms with Crippen LogP contribution in [0.15, 0.2) is 30.6 Å². The monoisotopic (exact) mass is 366 g/mol. The first-order valence-electron chi connectivity index (χ1n) is 7.52. The van der Waals surface area contributed by atoms with Crippen molar-refractivity contribution in [3.63, 3.8) is 0 Å². The number of imidazole rings is 1. The number of rotatable bonds is 5. The predicted molar refractivity (Wildman–Crippen MR) is 87.2 cm³/mol. The molecule has 1 aliphatic heterocycles. The molecule has 1 amide bonds. The van der Waals surface area contributed by atoms with Crippen LogP contribution in [-0.4, -0.2) is 47.0 Å². The van der Waals surface area contributed by atoms with E-state index < -0.39 is 22.0 Å². The normalized spacial score (nSPS) is 17.8. The zero-order chi connectivity index (χ0) is 18.0. The zero-order valence-electron chi connectivity index (χ0n) is 13.5. The minimum absolute atomic E-state index is 0.00803. The summed E-state index contributed by atoms with van der Waals surface area (Å²) in [7, 11) is -2.28. The van der Waals surface area contributed by atoms with Gasteiger partial charge in [0.25, 0.3) is 5.91 Å². The Kier molecular flexibility index (Phi) is 4.75. The van der Waals surface area contributed by atoms with Crippen LogP contribution in [0.5, 0.6) is 5.75 Å². The number of benzene rings is 1. The van der Waals surface area contributed by atoms with Gasteiger partial charge in [0.05, 0.1) is 37.1 Å². The highest BCUT2D eigenvalue weighted by atomic mass is 32.2. The smallest absolute Gasteiger partial charge is 0.262 e. The quantitative estimate of drug-likeness (QED) is 0.512. The first-order valence-corrected chi connectivity index (χ1v) is 9.13. The van der Waals surface area contributed by atoms with Crippen molar-refractivity contribution in [2.45, 2.75) is 24.8 Å². The standard InChI is InChI=1S/C15H18N4O5S/c1-24-11-4-2-10(3-5-11)8-25(22,23)19-7-13-12(16-9-17-13)6-14(19)15(20)18-21/h2-5,9,14,21H,6-8H2,1H3,(H,16,17)(H,18,20)/t14-/m1/s1. The molecule has 0 radical (unpaired) electrons. The molecule has 10 heteroatoms. The number of nitrogens with zero attached hydrogens (tertiary/aromatic N) is 2. The molecule has 25 heavy (non-hydrogen) atoms. The zero-order valence-corrected chi connectivity index (χ0v) is 14.3. The van der Waals surface area contributed by atoms with E-state index >= 15 is 0 Å². The fourth-order valence-corrected chi connectivity index (χ4v) is 4.48. The van der Waals surface area contributed by atoms with E-state index in [2.05, 4.69) is 9.97 Å². The Balaban J connectivity index is 1.88. The lowest BCUT2D eigenvalue weighted by molar-refractivity contribution is -0.133. The highest BCUT2D eigenvalue weighted by molar-refractivity contribution is 7.88. The molecule has 3 N–H and O–H groups in total. The van der Waals surface area contributed by atoms with Crippen molar-refractivity contribution < 1.29 is 23.2 Å². The van der Waals surface area contributed by atoms with E-state index in [1.165, 1.54) is 18.9 Å². The summed E-state index contributed by atoms with van der Waals surface area (Å²) < 4.78 is 31.9. The lowest BCUT2D eigenvalue weighted by Gasteiger charge is -2.32. The van der Waals surface area contributed by atoms with E-state index in [4.69, 9.17) is 9.94 Å². The molecule has 0 bridgehead atoms. The van der Waals surface area contributed by atoms with Gasteiger partial charge in [-0.25, -0.2) is 18.9 Å². The summed E-state index contributed by atoms with van der Waals surface area (Å²) in [6.07, 6.45) is 1.55. The number of hydroxylamine groups is 1. The number of aromatic amines is 1. The third kappa shape index (κ3) is 3.50. The van der Waals surface area contributed by atoms with Crippen LogP contribution in [0.3, 0.4) is 0 Å². The number of sulfonamides is 1. The first-order chi connectivity index (χ1) is 11.9. The Morgan fingerprint density at radius 2 is 2.16 bits per heavy atom. The Labute approximate surface area is 144 Å². The van der Waals surface area contributed by atoms with Crippen LogP contribution in [0, 0.1) is 0 Å². The van der Waals surface area contributed by atoms with Gasteiger partial charge < -0.3 is 9.72 Å². The molecular weight excluding hydrogens is 348 g/mol. The van der Waals surface area contributed by atoms with E-state index in [9.17, 15) is 13.2 Å². The third-order valence-corrected chi connectivity index (χ3v) is 5.93. The number of hydrogen-bond donors (Lipinski definition) is 3. The lowest BCUT2D eigenvalue weighted by Crippen LogP contribution is -2.52. The Morgan fingerprint density at radius 1 is 1.44 bits per heavy atom. The molecule has 2 heterocycles. The maximum atomic E-state index is 12.9. The summed E-state index contributed by atoms with van der Waals surface area (Å²) in [5, 5.41) is 8.95. The molecule has 0 saturated heterocycles. The Bertz CT molecular complexity index is 862.